The van der Waals surface area contributed by atoms with Gasteiger partial charge in [0.1, 0.15) is 0 Å². The molecule has 0 aromatic heterocycles. The topological polar surface area (TPSA) is 18.5 Å². The van der Waals surface area contributed by atoms with Crippen LogP contribution in [0.2, 0.25) is 0 Å². The third-order valence-corrected chi connectivity index (χ3v) is 3.89. The van der Waals surface area contributed by atoms with Crippen LogP contribution < -0.4 is 0 Å². The van der Waals surface area contributed by atoms with E-state index in [4.69, 9.17) is 9.47 Å². The zero-order chi connectivity index (χ0) is 8.44. The van der Waals surface area contributed by atoms with Crippen LogP contribution in [0, 0.1) is 0 Å². The average Bonchev–Trinajstić information content (AvgIpc) is 2.45. The Hall–Kier alpha value is 0.400. The van der Waals surface area contributed by atoms with Crippen LogP contribution in [0.25, 0.3) is 0 Å². The number of ether oxygens (including phenoxy) is 2. The van der Waals surface area contributed by atoms with Crippen LogP contribution >= 0.6 is 15.9 Å². The van der Waals surface area contributed by atoms with E-state index in [0.717, 1.165) is 19.6 Å². The summed E-state index contributed by atoms with van der Waals surface area (Å²) in [4.78, 5) is 0.398. The smallest absolute Gasteiger partial charge is 0.180 e. The molecule has 12 heavy (non-hydrogen) atoms. The van der Waals surface area contributed by atoms with Crippen LogP contribution in [0.3, 0.4) is 0 Å². The molecule has 1 spiro atoms. The van der Waals surface area contributed by atoms with E-state index in [0.29, 0.717) is 4.83 Å². The first-order chi connectivity index (χ1) is 5.83. The maximum atomic E-state index is 5.70. The van der Waals surface area contributed by atoms with Crippen LogP contribution in [0.15, 0.2) is 0 Å². The van der Waals surface area contributed by atoms with Gasteiger partial charge in [0, 0.05) is 6.42 Å². The second kappa shape index (κ2) is 3.64. The van der Waals surface area contributed by atoms with Crippen molar-refractivity contribution >= 4 is 15.9 Å². The lowest BCUT2D eigenvalue weighted by Gasteiger charge is -2.30. The minimum Gasteiger partial charge on any atom is -0.346 e. The molecule has 0 aromatic carbocycles. The summed E-state index contributed by atoms with van der Waals surface area (Å²) in [6, 6.07) is 0. The lowest BCUT2D eigenvalue weighted by Crippen LogP contribution is -2.38. The maximum Gasteiger partial charge on any atom is 0.180 e. The lowest BCUT2D eigenvalue weighted by atomic mass is 10.1. The molecule has 0 unspecified atom stereocenters. The van der Waals surface area contributed by atoms with Gasteiger partial charge in [-0.3, -0.25) is 0 Å². The Labute approximate surface area is 81.7 Å². The van der Waals surface area contributed by atoms with E-state index in [1.807, 2.05) is 0 Å². The van der Waals surface area contributed by atoms with Crippen LogP contribution in [-0.2, 0) is 9.47 Å². The van der Waals surface area contributed by atoms with Gasteiger partial charge in [-0.05, 0) is 12.8 Å². The lowest BCUT2D eigenvalue weighted by molar-refractivity contribution is -0.159. The third-order valence-electron chi connectivity index (χ3n) is 2.74. The van der Waals surface area contributed by atoms with Crippen molar-refractivity contribution in [3.63, 3.8) is 0 Å². The molecule has 2 rings (SSSR count). The van der Waals surface area contributed by atoms with Gasteiger partial charge in [-0.15, -0.1) is 0 Å². The molecule has 2 nitrogen and oxygen atoms in total. The van der Waals surface area contributed by atoms with Crippen LogP contribution in [-0.4, -0.2) is 23.8 Å². The van der Waals surface area contributed by atoms with Crippen LogP contribution in [0.5, 0.6) is 0 Å². The van der Waals surface area contributed by atoms with E-state index in [1.165, 1.54) is 25.7 Å². The first kappa shape index (κ1) is 8.97. The molecule has 1 aliphatic heterocycles. The second-order valence-electron chi connectivity index (χ2n) is 3.58. The Morgan fingerprint density at radius 1 is 1.08 bits per heavy atom. The minimum atomic E-state index is -0.267. The predicted molar refractivity (Wildman–Crippen MR) is 50.4 cm³/mol. The number of hydrogen-bond acceptors (Lipinski definition) is 2. The molecular weight excluding hydrogens is 220 g/mol. The molecule has 3 heteroatoms. The molecule has 1 aliphatic carbocycles. The van der Waals surface area contributed by atoms with E-state index >= 15 is 0 Å². The fourth-order valence-corrected chi connectivity index (χ4v) is 2.86. The standard InChI is InChI=1S/C9H15BrO2/c10-8-4-2-1-3-5-9(8)11-6-7-12-9/h8H,1-7H2/t8-/m1/s1. The molecule has 70 valence electrons. The summed E-state index contributed by atoms with van der Waals surface area (Å²) >= 11 is 3.67. The van der Waals surface area contributed by atoms with Gasteiger partial charge in [0.15, 0.2) is 5.79 Å². The van der Waals surface area contributed by atoms with Crippen molar-refractivity contribution in [2.45, 2.75) is 42.7 Å². The monoisotopic (exact) mass is 234 g/mol. The molecule has 0 amide bonds. The summed E-state index contributed by atoms with van der Waals surface area (Å²) in [6.45, 7) is 1.53. The van der Waals surface area contributed by atoms with E-state index in [1.54, 1.807) is 0 Å². The summed E-state index contributed by atoms with van der Waals surface area (Å²) in [5.41, 5.74) is 0. The minimum absolute atomic E-state index is 0.267. The largest absolute Gasteiger partial charge is 0.346 e. The molecule has 1 heterocycles. The van der Waals surface area contributed by atoms with E-state index in [-0.39, 0.29) is 5.79 Å². The van der Waals surface area contributed by atoms with Crippen molar-refractivity contribution in [1.29, 1.82) is 0 Å². The van der Waals surface area contributed by atoms with Gasteiger partial charge in [0.2, 0.25) is 0 Å². The quantitative estimate of drug-likeness (QED) is 0.600. The summed E-state index contributed by atoms with van der Waals surface area (Å²) < 4.78 is 11.4. The van der Waals surface area contributed by atoms with Crippen LogP contribution in [0.1, 0.15) is 32.1 Å². The van der Waals surface area contributed by atoms with Gasteiger partial charge in [-0.1, -0.05) is 28.8 Å². The van der Waals surface area contributed by atoms with Gasteiger partial charge >= 0.3 is 0 Å². The van der Waals surface area contributed by atoms with Crippen molar-refractivity contribution < 1.29 is 9.47 Å². The van der Waals surface area contributed by atoms with E-state index < -0.39 is 0 Å². The Morgan fingerprint density at radius 2 is 1.83 bits per heavy atom. The van der Waals surface area contributed by atoms with Crippen molar-refractivity contribution in [1.82, 2.24) is 0 Å². The van der Waals surface area contributed by atoms with Crippen LogP contribution in [0.4, 0.5) is 0 Å². The molecule has 0 N–H and O–H groups in total. The Kier molecular flexibility index (Phi) is 2.72. The highest BCUT2D eigenvalue weighted by atomic mass is 79.9. The molecule has 0 radical (unpaired) electrons. The van der Waals surface area contributed by atoms with E-state index in [2.05, 4.69) is 15.9 Å². The van der Waals surface area contributed by atoms with Crippen molar-refractivity contribution in [2.24, 2.45) is 0 Å². The Morgan fingerprint density at radius 3 is 2.58 bits per heavy atom. The Bertz CT molecular complexity index is 155. The van der Waals surface area contributed by atoms with E-state index in [9.17, 15) is 0 Å². The average molecular weight is 235 g/mol. The molecule has 1 saturated carbocycles. The highest BCUT2D eigenvalue weighted by Crippen LogP contribution is 2.38. The Balaban J connectivity index is 2.08. The molecule has 2 fully saturated rings. The molecule has 1 atom stereocenters. The first-order valence-electron chi connectivity index (χ1n) is 4.75. The highest BCUT2D eigenvalue weighted by molar-refractivity contribution is 9.09. The maximum absolute atomic E-state index is 5.70. The number of halogens is 1. The van der Waals surface area contributed by atoms with Gasteiger partial charge in [-0.25, -0.2) is 0 Å². The number of rotatable bonds is 0. The summed E-state index contributed by atoms with van der Waals surface area (Å²) in [5, 5.41) is 0. The molecule has 0 bridgehead atoms. The second-order valence-corrected chi connectivity index (χ2v) is 4.68. The first-order valence-corrected chi connectivity index (χ1v) is 5.67. The number of alkyl halides is 1. The highest BCUT2D eigenvalue weighted by Gasteiger charge is 2.43. The molecule has 2 aliphatic rings. The summed E-state index contributed by atoms with van der Waals surface area (Å²) in [7, 11) is 0. The number of hydrogen-bond donors (Lipinski definition) is 0. The SMILES string of the molecule is Br[C@@H]1CCCCCC12OCCO2. The van der Waals surface area contributed by atoms with Gasteiger partial charge in [0.25, 0.3) is 0 Å². The van der Waals surface area contributed by atoms with Crippen molar-refractivity contribution in [3.05, 3.63) is 0 Å². The fraction of sp³-hybridized carbons (Fsp3) is 1.00. The van der Waals surface area contributed by atoms with Crippen molar-refractivity contribution in [3.8, 4) is 0 Å². The zero-order valence-corrected chi connectivity index (χ0v) is 8.81. The summed E-state index contributed by atoms with van der Waals surface area (Å²) in [5.74, 6) is -0.267. The predicted octanol–water partition coefficient (Wildman–Crippen LogP) is 2.46. The van der Waals surface area contributed by atoms with Gasteiger partial charge in [0.05, 0.1) is 18.0 Å². The third kappa shape index (κ3) is 1.54. The normalized spacial score (nSPS) is 35.2. The molecule has 1 saturated heterocycles. The van der Waals surface area contributed by atoms with Gasteiger partial charge in [-0.2, -0.15) is 0 Å². The zero-order valence-electron chi connectivity index (χ0n) is 7.22. The molecule has 0 aromatic rings. The fourth-order valence-electron chi connectivity index (χ4n) is 2.04. The summed E-state index contributed by atoms with van der Waals surface area (Å²) in [6.07, 6.45) is 6.09. The molecular formula is C9H15BrO2. The van der Waals surface area contributed by atoms with Gasteiger partial charge < -0.3 is 9.47 Å². The van der Waals surface area contributed by atoms with Crippen molar-refractivity contribution in [2.75, 3.05) is 13.2 Å².